The van der Waals surface area contributed by atoms with Crippen LogP contribution in [0.25, 0.3) is 0 Å². The summed E-state index contributed by atoms with van der Waals surface area (Å²) in [4.78, 5) is 24.0. The van der Waals surface area contributed by atoms with Crippen LogP contribution in [0.1, 0.15) is 71.3 Å². The summed E-state index contributed by atoms with van der Waals surface area (Å²) in [6, 6.07) is 5.45. The summed E-state index contributed by atoms with van der Waals surface area (Å²) in [6.07, 6.45) is 6.06. The summed E-state index contributed by atoms with van der Waals surface area (Å²) < 4.78 is 10.9. The topological polar surface area (TPSA) is 64.6 Å². The number of esters is 2. The molecule has 1 rings (SSSR count). The molecular formula is C21H33NO4. The van der Waals surface area contributed by atoms with E-state index < -0.39 is 0 Å². The van der Waals surface area contributed by atoms with Gasteiger partial charge < -0.3 is 14.8 Å². The number of ether oxygens (including phenoxy) is 2. The molecule has 0 aliphatic heterocycles. The second-order valence-corrected chi connectivity index (χ2v) is 6.44. The largest absolute Gasteiger partial charge is 0.423 e. The average Bonchev–Trinajstić information content (AvgIpc) is 2.63. The molecule has 0 saturated heterocycles. The van der Waals surface area contributed by atoms with Gasteiger partial charge in [-0.15, -0.1) is 0 Å². The van der Waals surface area contributed by atoms with E-state index in [0.29, 0.717) is 24.3 Å². The van der Waals surface area contributed by atoms with Gasteiger partial charge in [0, 0.05) is 12.8 Å². The Hall–Kier alpha value is -1.88. The molecule has 5 heteroatoms. The number of unbranched alkanes of at least 4 members (excludes halogenated alkanes) is 2. The molecule has 0 atom stereocenters. The summed E-state index contributed by atoms with van der Waals surface area (Å²) >= 11 is 0. The molecule has 0 unspecified atom stereocenters. The first kappa shape index (κ1) is 22.2. The smallest absolute Gasteiger partial charge is 0.311 e. The molecule has 0 fully saturated rings. The van der Waals surface area contributed by atoms with Gasteiger partial charge in [-0.25, -0.2) is 0 Å². The van der Waals surface area contributed by atoms with Gasteiger partial charge >= 0.3 is 11.9 Å². The van der Waals surface area contributed by atoms with E-state index in [1.165, 1.54) is 0 Å². The molecule has 0 heterocycles. The number of carbonyl (C=O) groups is 2. The van der Waals surface area contributed by atoms with E-state index in [-0.39, 0.29) is 11.9 Å². The summed E-state index contributed by atoms with van der Waals surface area (Å²) in [7, 11) is 0. The molecule has 146 valence electrons. The van der Waals surface area contributed by atoms with Crippen LogP contribution in [-0.4, -0.2) is 25.0 Å². The minimum Gasteiger partial charge on any atom is -0.423 e. The molecule has 0 aliphatic carbocycles. The van der Waals surface area contributed by atoms with E-state index in [1.807, 2.05) is 19.9 Å². The van der Waals surface area contributed by atoms with Crippen molar-refractivity contribution in [3.8, 4) is 11.5 Å². The van der Waals surface area contributed by atoms with Crippen LogP contribution in [0.15, 0.2) is 18.2 Å². The highest BCUT2D eigenvalue weighted by Crippen LogP contribution is 2.29. The van der Waals surface area contributed by atoms with Crippen molar-refractivity contribution in [2.45, 2.75) is 72.1 Å². The van der Waals surface area contributed by atoms with Gasteiger partial charge in [0.05, 0.1) is 0 Å². The molecular weight excluding hydrogens is 330 g/mol. The zero-order chi connectivity index (χ0) is 19.2. The zero-order valence-electron chi connectivity index (χ0n) is 16.4. The second kappa shape index (κ2) is 13.3. The van der Waals surface area contributed by atoms with Crippen LogP contribution < -0.4 is 14.8 Å². The molecule has 1 N–H and O–H groups in total. The zero-order valence-corrected chi connectivity index (χ0v) is 16.4. The maximum atomic E-state index is 12.0. The Balaban J connectivity index is 2.81. The average molecular weight is 363 g/mol. The van der Waals surface area contributed by atoms with Crippen molar-refractivity contribution >= 4 is 11.9 Å². The quantitative estimate of drug-likeness (QED) is 0.319. The van der Waals surface area contributed by atoms with Crippen LogP contribution in [0.5, 0.6) is 11.5 Å². The van der Waals surface area contributed by atoms with Gasteiger partial charge in [0.25, 0.3) is 0 Å². The Kier molecular flexibility index (Phi) is 11.4. The third-order valence-corrected chi connectivity index (χ3v) is 3.94. The van der Waals surface area contributed by atoms with Gasteiger partial charge in [-0.3, -0.25) is 9.59 Å². The molecule has 1 aromatic carbocycles. The molecule has 0 radical (unpaired) electrons. The van der Waals surface area contributed by atoms with E-state index in [9.17, 15) is 9.59 Å². The fourth-order valence-corrected chi connectivity index (χ4v) is 2.40. The lowest BCUT2D eigenvalue weighted by Gasteiger charge is -2.12. The van der Waals surface area contributed by atoms with E-state index in [1.54, 1.807) is 12.1 Å². The Bertz CT molecular complexity index is 557. The first-order valence-corrected chi connectivity index (χ1v) is 9.85. The molecule has 0 saturated carbocycles. The Morgan fingerprint density at radius 3 is 2.04 bits per heavy atom. The molecule has 0 aliphatic rings. The maximum absolute atomic E-state index is 12.0. The van der Waals surface area contributed by atoms with Crippen molar-refractivity contribution in [3.05, 3.63) is 23.8 Å². The number of hydrogen-bond donors (Lipinski definition) is 1. The standard InChI is InChI=1S/C21H33NO4/c1-4-7-9-20(23)25-18-12-11-17(13-15-22-14-6-3)16-19(18)26-21(24)10-8-5-2/h11-12,16,22H,4-10,13-15H2,1-3H3. The van der Waals surface area contributed by atoms with Gasteiger partial charge in [-0.1, -0.05) is 39.7 Å². The summed E-state index contributed by atoms with van der Waals surface area (Å²) in [5.41, 5.74) is 1.04. The number of nitrogens with one attached hydrogen (secondary N) is 1. The van der Waals surface area contributed by atoms with Crippen molar-refractivity contribution in [2.24, 2.45) is 0 Å². The lowest BCUT2D eigenvalue weighted by Crippen LogP contribution is -2.18. The molecule has 1 aromatic rings. The Labute approximate surface area is 157 Å². The predicted octanol–water partition coefficient (Wildman–Crippen LogP) is 4.42. The minimum atomic E-state index is -0.296. The highest BCUT2D eigenvalue weighted by molar-refractivity contribution is 5.76. The molecule has 0 spiro atoms. The first-order chi connectivity index (χ1) is 12.6. The lowest BCUT2D eigenvalue weighted by atomic mass is 10.1. The normalized spacial score (nSPS) is 10.6. The van der Waals surface area contributed by atoms with E-state index in [0.717, 1.165) is 57.2 Å². The van der Waals surface area contributed by atoms with Gasteiger partial charge in [0.15, 0.2) is 11.5 Å². The monoisotopic (exact) mass is 363 g/mol. The van der Waals surface area contributed by atoms with Crippen molar-refractivity contribution in [1.29, 1.82) is 0 Å². The van der Waals surface area contributed by atoms with Crippen LogP contribution in [0, 0.1) is 0 Å². The second-order valence-electron chi connectivity index (χ2n) is 6.44. The summed E-state index contributed by atoms with van der Waals surface area (Å²) in [6.45, 7) is 8.01. The third-order valence-electron chi connectivity index (χ3n) is 3.94. The van der Waals surface area contributed by atoms with Gasteiger partial charge in [-0.05, 0) is 56.5 Å². The summed E-state index contributed by atoms with van der Waals surface area (Å²) in [5.74, 6) is 0.0687. The van der Waals surface area contributed by atoms with E-state index in [4.69, 9.17) is 9.47 Å². The van der Waals surface area contributed by atoms with E-state index in [2.05, 4.69) is 12.2 Å². The molecule has 0 amide bonds. The molecule has 26 heavy (non-hydrogen) atoms. The van der Waals surface area contributed by atoms with Crippen molar-refractivity contribution < 1.29 is 19.1 Å². The van der Waals surface area contributed by atoms with Crippen LogP contribution in [0.3, 0.4) is 0 Å². The van der Waals surface area contributed by atoms with Crippen LogP contribution in [0.2, 0.25) is 0 Å². The van der Waals surface area contributed by atoms with Crippen LogP contribution in [0.4, 0.5) is 0 Å². The highest BCUT2D eigenvalue weighted by Gasteiger charge is 2.14. The fraction of sp³-hybridized carbons (Fsp3) is 0.619. The third kappa shape index (κ3) is 8.99. The predicted molar refractivity (Wildman–Crippen MR) is 104 cm³/mol. The van der Waals surface area contributed by atoms with Crippen molar-refractivity contribution in [3.63, 3.8) is 0 Å². The lowest BCUT2D eigenvalue weighted by molar-refractivity contribution is -0.137. The summed E-state index contributed by atoms with van der Waals surface area (Å²) in [5, 5.41) is 3.35. The maximum Gasteiger partial charge on any atom is 0.311 e. The van der Waals surface area contributed by atoms with Gasteiger partial charge in [-0.2, -0.15) is 0 Å². The van der Waals surface area contributed by atoms with Gasteiger partial charge in [0.1, 0.15) is 0 Å². The SMILES string of the molecule is CCCCC(=O)Oc1ccc(CCNCCC)cc1OC(=O)CCCC. The van der Waals surface area contributed by atoms with E-state index >= 15 is 0 Å². The van der Waals surface area contributed by atoms with Crippen molar-refractivity contribution in [2.75, 3.05) is 13.1 Å². The highest BCUT2D eigenvalue weighted by atomic mass is 16.6. The number of rotatable bonds is 13. The van der Waals surface area contributed by atoms with Crippen molar-refractivity contribution in [1.82, 2.24) is 5.32 Å². The number of hydrogen-bond acceptors (Lipinski definition) is 5. The Morgan fingerprint density at radius 2 is 1.46 bits per heavy atom. The first-order valence-electron chi connectivity index (χ1n) is 9.85. The fourth-order valence-electron chi connectivity index (χ4n) is 2.40. The molecule has 5 nitrogen and oxygen atoms in total. The Morgan fingerprint density at radius 1 is 0.846 bits per heavy atom. The number of carbonyl (C=O) groups excluding carboxylic acids is 2. The minimum absolute atomic E-state index is 0.293. The molecule has 0 bridgehead atoms. The molecule has 0 aromatic heterocycles. The van der Waals surface area contributed by atoms with Crippen LogP contribution >= 0.6 is 0 Å². The van der Waals surface area contributed by atoms with Gasteiger partial charge in [0.2, 0.25) is 0 Å². The number of benzene rings is 1. The van der Waals surface area contributed by atoms with Crippen LogP contribution in [-0.2, 0) is 16.0 Å².